The fourth-order valence-corrected chi connectivity index (χ4v) is 3.45. The molecular weight excluding hydrogens is 388 g/mol. The Balaban J connectivity index is 2.47. The van der Waals surface area contributed by atoms with Crippen molar-refractivity contribution in [2.45, 2.75) is 11.1 Å². The minimum absolute atomic E-state index is 0.274. The van der Waals surface area contributed by atoms with Gasteiger partial charge in [0.05, 0.1) is 16.1 Å². The topological polar surface area (TPSA) is 89.3 Å². The Hall–Kier alpha value is -2.33. The first kappa shape index (κ1) is 19.0. The number of primary amides is 1. The molecule has 0 saturated heterocycles. The van der Waals surface area contributed by atoms with Crippen molar-refractivity contribution < 1.29 is 30.8 Å². The molecule has 0 atom stereocenters. The SMILES string of the molecule is NC(=O)c1cc(NS(=O)(=O)c2cc(C(F)(F)F)ccc2Cl)ccc1F. The molecule has 25 heavy (non-hydrogen) atoms. The van der Waals surface area contributed by atoms with E-state index in [9.17, 15) is 30.8 Å². The maximum absolute atomic E-state index is 13.4. The molecule has 0 aliphatic heterocycles. The van der Waals surface area contributed by atoms with Crippen LogP contribution >= 0.6 is 11.6 Å². The summed E-state index contributed by atoms with van der Waals surface area (Å²) in [4.78, 5) is 10.3. The molecule has 0 unspecified atom stereocenters. The molecule has 0 aromatic heterocycles. The first-order chi connectivity index (χ1) is 11.4. The Morgan fingerprint density at radius 2 is 1.76 bits per heavy atom. The first-order valence-corrected chi connectivity index (χ1v) is 8.27. The predicted octanol–water partition coefficient (Wildman–Crippen LogP) is 3.40. The monoisotopic (exact) mass is 396 g/mol. The van der Waals surface area contributed by atoms with E-state index in [2.05, 4.69) is 0 Å². The lowest BCUT2D eigenvalue weighted by molar-refractivity contribution is -0.137. The van der Waals surface area contributed by atoms with Gasteiger partial charge in [-0.3, -0.25) is 9.52 Å². The average Bonchev–Trinajstić information content (AvgIpc) is 2.47. The van der Waals surface area contributed by atoms with E-state index in [0.717, 1.165) is 24.3 Å². The predicted molar refractivity (Wildman–Crippen MR) is 82.2 cm³/mol. The van der Waals surface area contributed by atoms with Crippen molar-refractivity contribution in [2.75, 3.05) is 4.72 Å². The van der Waals surface area contributed by atoms with Crippen LogP contribution in [-0.4, -0.2) is 14.3 Å². The highest BCUT2D eigenvalue weighted by Gasteiger charge is 2.32. The van der Waals surface area contributed by atoms with E-state index in [0.29, 0.717) is 12.1 Å². The number of carbonyl (C=O) groups excluding carboxylic acids is 1. The van der Waals surface area contributed by atoms with Gasteiger partial charge in [0.15, 0.2) is 0 Å². The minimum atomic E-state index is -4.77. The third kappa shape index (κ3) is 4.20. The van der Waals surface area contributed by atoms with Gasteiger partial charge in [-0.1, -0.05) is 11.6 Å². The standard InChI is InChI=1S/C14H9ClF4N2O3S/c15-10-3-1-7(14(17,18)19)5-12(10)25(23,24)21-8-2-4-11(16)9(6-8)13(20)22/h1-6,21H,(H2,20,22). The molecule has 11 heteroatoms. The molecule has 0 saturated carbocycles. The second-order valence-corrected chi connectivity index (χ2v) is 6.87. The van der Waals surface area contributed by atoms with Crippen LogP contribution in [0.2, 0.25) is 5.02 Å². The maximum Gasteiger partial charge on any atom is 0.416 e. The highest BCUT2D eigenvalue weighted by atomic mass is 35.5. The molecule has 0 aliphatic rings. The van der Waals surface area contributed by atoms with Crippen LogP contribution < -0.4 is 10.5 Å². The van der Waals surface area contributed by atoms with Gasteiger partial charge >= 0.3 is 6.18 Å². The summed E-state index contributed by atoms with van der Waals surface area (Å²) in [7, 11) is -4.54. The number of sulfonamides is 1. The quantitative estimate of drug-likeness (QED) is 0.776. The van der Waals surface area contributed by atoms with Crippen LogP contribution in [0.4, 0.5) is 23.2 Å². The van der Waals surface area contributed by atoms with Crippen molar-refractivity contribution in [2.24, 2.45) is 5.73 Å². The summed E-state index contributed by atoms with van der Waals surface area (Å²) < 4.78 is 78.2. The summed E-state index contributed by atoms with van der Waals surface area (Å²) >= 11 is 5.68. The molecule has 0 heterocycles. The molecule has 2 aromatic rings. The first-order valence-electron chi connectivity index (χ1n) is 6.41. The van der Waals surface area contributed by atoms with E-state index in [1.165, 1.54) is 0 Å². The van der Waals surface area contributed by atoms with Gasteiger partial charge in [-0.25, -0.2) is 12.8 Å². The van der Waals surface area contributed by atoms with Crippen molar-refractivity contribution in [1.29, 1.82) is 0 Å². The number of hydrogen-bond acceptors (Lipinski definition) is 3. The summed E-state index contributed by atoms with van der Waals surface area (Å²) in [5, 5.41) is -0.447. The zero-order chi connectivity index (χ0) is 19.0. The molecule has 1 amide bonds. The van der Waals surface area contributed by atoms with E-state index in [1.54, 1.807) is 0 Å². The van der Waals surface area contributed by atoms with E-state index in [-0.39, 0.29) is 5.69 Å². The lowest BCUT2D eigenvalue weighted by Gasteiger charge is -2.13. The number of hydrogen-bond donors (Lipinski definition) is 2. The van der Waals surface area contributed by atoms with Gasteiger partial charge in [0.2, 0.25) is 0 Å². The highest BCUT2D eigenvalue weighted by molar-refractivity contribution is 7.92. The van der Waals surface area contributed by atoms with Crippen LogP contribution in [0.3, 0.4) is 0 Å². The van der Waals surface area contributed by atoms with E-state index in [4.69, 9.17) is 17.3 Å². The van der Waals surface area contributed by atoms with E-state index in [1.807, 2.05) is 4.72 Å². The lowest BCUT2D eigenvalue weighted by atomic mass is 10.2. The fraction of sp³-hybridized carbons (Fsp3) is 0.0714. The van der Waals surface area contributed by atoms with Crippen molar-refractivity contribution in [3.05, 3.63) is 58.4 Å². The smallest absolute Gasteiger partial charge is 0.366 e. The molecular formula is C14H9ClF4N2O3S. The van der Waals surface area contributed by atoms with E-state index >= 15 is 0 Å². The normalized spacial score (nSPS) is 12.0. The Morgan fingerprint density at radius 1 is 1.12 bits per heavy atom. The fourth-order valence-electron chi connectivity index (χ4n) is 1.87. The van der Waals surface area contributed by atoms with Gasteiger partial charge in [0.1, 0.15) is 10.7 Å². The number of rotatable bonds is 4. The molecule has 5 nitrogen and oxygen atoms in total. The Kier molecular flexibility index (Phi) is 4.96. The zero-order valence-electron chi connectivity index (χ0n) is 12.1. The minimum Gasteiger partial charge on any atom is -0.366 e. The Labute approximate surface area is 144 Å². The highest BCUT2D eigenvalue weighted by Crippen LogP contribution is 2.34. The largest absolute Gasteiger partial charge is 0.416 e. The molecule has 0 spiro atoms. The molecule has 0 radical (unpaired) electrons. The van der Waals surface area contributed by atoms with Gasteiger partial charge in [0.25, 0.3) is 15.9 Å². The Morgan fingerprint density at radius 3 is 2.32 bits per heavy atom. The lowest BCUT2D eigenvalue weighted by Crippen LogP contribution is -2.17. The third-order valence-corrected chi connectivity index (χ3v) is 4.89. The number of alkyl halides is 3. The van der Waals surface area contributed by atoms with Crippen molar-refractivity contribution >= 4 is 33.2 Å². The summed E-state index contributed by atoms with van der Waals surface area (Å²) in [6.45, 7) is 0. The summed E-state index contributed by atoms with van der Waals surface area (Å²) in [6, 6.07) is 4.36. The summed E-state index contributed by atoms with van der Waals surface area (Å²) in [5.74, 6) is -2.12. The van der Waals surface area contributed by atoms with Crippen LogP contribution in [0.25, 0.3) is 0 Å². The second-order valence-electron chi connectivity index (χ2n) is 4.81. The van der Waals surface area contributed by atoms with E-state index < -0.39 is 49.0 Å². The van der Waals surface area contributed by atoms with Crippen LogP contribution in [0.5, 0.6) is 0 Å². The molecule has 0 fully saturated rings. The van der Waals surface area contributed by atoms with Gasteiger partial charge in [-0.15, -0.1) is 0 Å². The number of benzene rings is 2. The summed E-state index contributed by atoms with van der Waals surface area (Å²) in [6.07, 6.45) is -4.77. The number of amides is 1. The van der Waals surface area contributed by atoms with Crippen LogP contribution in [0, 0.1) is 5.82 Å². The van der Waals surface area contributed by atoms with Crippen molar-refractivity contribution in [3.8, 4) is 0 Å². The summed E-state index contributed by atoms with van der Waals surface area (Å²) in [5.41, 5.74) is 2.87. The van der Waals surface area contributed by atoms with Gasteiger partial charge in [-0.2, -0.15) is 13.2 Å². The van der Waals surface area contributed by atoms with Gasteiger partial charge < -0.3 is 5.73 Å². The molecule has 0 aliphatic carbocycles. The van der Waals surface area contributed by atoms with Gasteiger partial charge in [0, 0.05) is 5.69 Å². The van der Waals surface area contributed by atoms with Crippen LogP contribution in [-0.2, 0) is 16.2 Å². The second kappa shape index (κ2) is 6.52. The average molecular weight is 397 g/mol. The Bertz CT molecular complexity index is 946. The third-order valence-electron chi connectivity index (χ3n) is 3.03. The number of halogens is 5. The molecule has 0 bridgehead atoms. The number of anilines is 1. The van der Waals surface area contributed by atoms with Crippen molar-refractivity contribution in [3.63, 3.8) is 0 Å². The zero-order valence-corrected chi connectivity index (χ0v) is 13.6. The van der Waals surface area contributed by atoms with Crippen LogP contribution in [0.15, 0.2) is 41.3 Å². The molecule has 3 N–H and O–H groups in total. The molecule has 2 aromatic carbocycles. The number of nitrogens with one attached hydrogen (secondary N) is 1. The molecule has 2 rings (SSSR count). The van der Waals surface area contributed by atoms with Crippen molar-refractivity contribution in [1.82, 2.24) is 0 Å². The number of carbonyl (C=O) groups is 1. The van der Waals surface area contributed by atoms with Crippen LogP contribution in [0.1, 0.15) is 15.9 Å². The number of nitrogens with two attached hydrogens (primary N) is 1. The molecule has 134 valence electrons. The maximum atomic E-state index is 13.4. The van der Waals surface area contributed by atoms with Gasteiger partial charge in [-0.05, 0) is 36.4 Å².